The molecule has 3 heterocycles. The van der Waals surface area contributed by atoms with E-state index < -0.39 is 0 Å². The fraction of sp³-hybridized carbons (Fsp3) is 0.591. The van der Waals surface area contributed by atoms with Gasteiger partial charge in [-0.05, 0) is 43.7 Å². The molecule has 0 bridgehead atoms. The second kappa shape index (κ2) is 7.91. The van der Waals surface area contributed by atoms with Crippen molar-refractivity contribution in [3.63, 3.8) is 0 Å². The minimum Gasteiger partial charge on any atom is -0.383 e. The van der Waals surface area contributed by atoms with Crippen LogP contribution in [0.3, 0.4) is 0 Å². The number of piperidine rings is 1. The van der Waals surface area contributed by atoms with Crippen LogP contribution in [0.5, 0.6) is 0 Å². The Bertz CT molecular complexity index is 1130. The summed E-state index contributed by atoms with van der Waals surface area (Å²) in [6.45, 7) is 1.91. The van der Waals surface area contributed by atoms with Crippen LogP contribution >= 0.6 is 0 Å². The zero-order chi connectivity index (χ0) is 20.7. The third-order valence-corrected chi connectivity index (χ3v) is 6.84. The molecule has 1 aliphatic carbocycles. The summed E-state index contributed by atoms with van der Waals surface area (Å²) in [7, 11) is 1.66. The molecule has 1 aromatic carbocycles. The van der Waals surface area contributed by atoms with E-state index in [0.29, 0.717) is 30.9 Å². The SMILES string of the molecule is COCCn1c2ccccc2n2c(=O)n(CC(=O)N3CCC[C@@H]4CCCC[C@H]43)nc12. The zero-order valence-electron chi connectivity index (χ0n) is 17.5. The minimum atomic E-state index is -0.261. The van der Waals surface area contributed by atoms with Crippen LogP contribution in [0.15, 0.2) is 29.1 Å². The summed E-state index contributed by atoms with van der Waals surface area (Å²) < 4.78 is 10.2. The van der Waals surface area contributed by atoms with E-state index in [4.69, 9.17) is 4.74 Å². The highest BCUT2D eigenvalue weighted by molar-refractivity contribution is 5.81. The number of aromatic nitrogens is 4. The molecule has 2 aliphatic rings. The number of carbonyl (C=O) groups is 1. The molecule has 2 fully saturated rings. The fourth-order valence-corrected chi connectivity index (χ4v) is 5.43. The van der Waals surface area contributed by atoms with Crippen LogP contribution in [0.1, 0.15) is 38.5 Å². The van der Waals surface area contributed by atoms with Gasteiger partial charge in [-0.25, -0.2) is 13.9 Å². The number of imidazole rings is 1. The first-order valence-corrected chi connectivity index (χ1v) is 11.0. The summed E-state index contributed by atoms with van der Waals surface area (Å²) >= 11 is 0. The number of para-hydroxylation sites is 2. The Kier molecular flexibility index (Phi) is 5.10. The van der Waals surface area contributed by atoms with Gasteiger partial charge >= 0.3 is 5.69 Å². The molecular formula is C22H29N5O3. The predicted molar refractivity (Wildman–Crippen MR) is 114 cm³/mol. The number of nitrogens with zero attached hydrogens (tertiary/aromatic N) is 5. The van der Waals surface area contributed by atoms with Crippen LogP contribution in [0.25, 0.3) is 16.8 Å². The third kappa shape index (κ3) is 3.14. The van der Waals surface area contributed by atoms with Crippen molar-refractivity contribution in [3.8, 4) is 0 Å². The summed E-state index contributed by atoms with van der Waals surface area (Å²) in [6.07, 6.45) is 7.04. The van der Waals surface area contributed by atoms with E-state index in [1.165, 1.54) is 30.4 Å². The first kappa shape index (κ1) is 19.4. The molecule has 8 nitrogen and oxygen atoms in total. The van der Waals surface area contributed by atoms with Crippen molar-refractivity contribution in [3.05, 3.63) is 34.7 Å². The van der Waals surface area contributed by atoms with Gasteiger partial charge in [0.25, 0.3) is 0 Å². The molecule has 2 aromatic heterocycles. The van der Waals surface area contributed by atoms with Crippen molar-refractivity contribution in [2.45, 2.75) is 57.7 Å². The van der Waals surface area contributed by atoms with Gasteiger partial charge in [0.2, 0.25) is 11.7 Å². The van der Waals surface area contributed by atoms with Crippen LogP contribution in [0.4, 0.5) is 0 Å². The summed E-state index contributed by atoms with van der Waals surface area (Å²) in [5.41, 5.74) is 1.48. The highest BCUT2D eigenvalue weighted by Gasteiger charge is 2.36. The Labute approximate surface area is 175 Å². The zero-order valence-corrected chi connectivity index (χ0v) is 17.5. The molecule has 0 radical (unpaired) electrons. The standard InChI is InChI=1S/C22H29N5O3/c1-30-14-13-25-18-10-4-5-11-19(18)27-21(25)23-26(22(27)29)15-20(28)24-12-6-8-16-7-2-3-9-17(16)24/h4-5,10-11,16-17H,2-3,6-9,12-15H2,1H3/t16-,17+/m0/s1. The summed E-state index contributed by atoms with van der Waals surface area (Å²) in [6, 6.07) is 8.09. The number of rotatable bonds is 5. The van der Waals surface area contributed by atoms with Crippen LogP contribution in [-0.4, -0.2) is 55.9 Å². The highest BCUT2D eigenvalue weighted by Crippen LogP contribution is 2.35. The summed E-state index contributed by atoms with van der Waals surface area (Å²) in [5, 5.41) is 4.57. The number of benzene rings is 1. The number of ether oxygens (including phenoxy) is 1. The molecule has 3 aromatic rings. The van der Waals surface area contributed by atoms with Crippen molar-refractivity contribution in [2.75, 3.05) is 20.3 Å². The van der Waals surface area contributed by atoms with Gasteiger partial charge in [-0.3, -0.25) is 4.79 Å². The van der Waals surface area contributed by atoms with Crippen LogP contribution in [-0.2, 0) is 22.6 Å². The van der Waals surface area contributed by atoms with E-state index in [1.807, 2.05) is 33.7 Å². The molecule has 0 N–H and O–H groups in total. The molecule has 30 heavy (non-hydrogen) atoms. The van der Waals surface area contributed by atoms with Gasteiger partial charge in [0, 0.05) is 26.2 Å². The third-order valence-electron chi connectivity index (χ3n) is 6.84. The quantitative estimate of drug-likeness (QED) is 0.646. The monoisotopic (exact) mass is 411 g/mol. The smallest absolute Gasteiger partial charge is 0.352 e. The van der Waals surface area contributed by atoms with E-state index in [9.17, 15) is 9.59 Å². The van der Waals surface area contributed by atoms with Gasteiger partial charge in [0.15, 0.2) is 0 Å². The lowest BCUT2D eigenvalue weighted by Gasteiger charge is -2.44. The number of hydrogen-bond acceptors (Lipinski definition) is 4. The number of likely N-dealkylation sites (tertiary alicyclic amines) is 1. The molecule has 5 rings (SSSR count). The Morgan fingerprint density at radius 1 is 1.13 bits per heavy atom. The van der Waals surface area contributed by atoms with E-state index in [2.05, 4.69) is 5.10 Å². The van der Waals surface area contributed by atoms with Gasteiger partial charge in [0.05, 0.1) is 17.6 Å². The lowest BCUT2D eigenvalue weighted by Crippen LogP contribution is -2.51. The first-order chi connectivity index (χ1) is 14.7. The second-order valence-electron chi connectivity index (χ2n) is 8.55. The minimum absolute atomic E-state index is 0.00232. The molecule has 1 aliphatic heterocycles. The maximum atomic E-state index is 13.2. The van der Waals surface area contributed by atoms with Crippen LogP contribution in [0, 0.1) is 5.92 Å². The molecular weight excluding hydrogens is 382 g/mol. The molecule has 1 saturated carbocycles. The van der Waals surface area contributed by atoms with Gasteiger partial charge in [-0.15, -0.1) is 5.10 Å². The van der Waals surface area contributed by atoms with Crippen molar-refractivity contribution >= 4 is 22.7 Å². The van der Waals surface area contributed by atoms with Crippen molar-refractivity contribution in [2.24, 2.45) is 5.92 Å². The summed E-state index contributed by atoms with van der Waals surface area (Å²) in [4.78, 5) is 28.4. The van der Waals surface area contributed by atoms with E-state index in [0.717, 1.165) is 30.4 Å². The number of methoxy groups -OCH3 is 1. The fourth-order valence-electron chi connectivity index (χ4n) is 5.43. The van der Waals surface area contributed by atoms with Gasteiger partial charge in [-0.2, -0.15) is 0 Å². The first-order valence-electron chi connectivity index (χ1n) is 11.0. The maximum absolute atomic E-state index is 13.2. The lowest BCUT2D eigenvalue weighted by atomic mass is 9.78. The molecule has 1 amide bonds. The number of amides is 1. The van der Waals surface area contributed by atoms with E-state index >= 15 is 0 Å². The van der Waals surface area contributed by atoms with Gasteiger partial charge in [-0.1, -0.05) is 25.0 Å². The largest absolute Gasteiger partial charge is 0.383 e. The molecule has 8 heteroatoms. The Morgan fingerprint density at radius 2 is 1.90 bits per heavy atom. The maximum Gasteiger partial charge on any atom is 0.352 e. The highest BCUT2D eigenvalue weighted by atomic mass is 16.5. The molecule has 0 spiro atoms. The molecule has 1 saturated heterocycles. The Morgan fingerprint density at radius 3 is 2.73 bits per heavy atom. The van der Waals surface area contributed by atoms with Gasteiger partial charge < -0.3 is 14.2 Å². The molecule has 2 atom stereocenters. The lowest BCUT2D eigenvalue weighted by molar-refractivity contribution is -0.138. The Hall–Kier alpha value is -2.61. The molecule has 0 unspecified atom stereocenters. The normalized spacial score (nSPS) is 22.0. The topological polar surface area (TPSA) is 73.8 Å². The van der Waals surface area contributed by atoms with Gasteiger partial charge in [0.1, 0.15) is 6.54 Å². The van der Waals surface area contributed by atoms with Crippen molar-refractivity contribution in [1.82, 2.24) is 23.6 Å². The number of fused-ring (bicyclic) bond motifs is 4. The molecule has 160 valence electrons. The van der Waals surface area contributed by atoms with E-state index in [-0.39, 0.29) is 18.1 Å². The number of carbonyl (C=O) groups excluding carboxylic acids is 1. The van der Waals surface area contributed by atoms with Crippen molar-refractivity contribution in [1.29, 1.82) is 0 Å². The van der Waals surface area contributed by atoms with E-state index in [1.54, 1.807) is 11.5 Å². The average Bonchev–Trinajstić information content (AvgIpc) is 3.26. The summed E-state index contributed by atoms with van der Waals surface area (Å²) in [5.74, 6) is 1.19. The van der Waals surface area contributed by atoms with Crippen LogP contribution < -0.4 is 5.69 Å². The number of hydrogen-bond donors (Lipinski definition) is 0. The second-order valence-corrected chi connectivity index (χ2v) is 8.55. The van der Waals surface area contributed by atoms with Crippen LogP contribution in [0.2, 0.25) is 0 Å². The van der Waals surface area contributed by atoms with Crippen molar-refractivity contribution < 1.29 is 9.53 Å². The Balaban J connectivity index is 1.48. The predicted octanol–water partition coefficient (Wildman–Crippen LogP) is 2.28. The average molecular weight is 412 g/mol.